The molecular formula is C20H19F3N4O. The molecule has 0 bridgehead atoms. The van der Waals surface area contributed by atoms with Gasteiger partial charge in [0.1, 0.15) is 6.54 Å². The lowest BCUT2D eigenvalue weighted by atomic mass is 9.86. The Morgan fingerprint density at radius 2 is 1.68 bits per heavy atom. The van der Waals surface area contributed by atoms with E-state index in [2.05, 4.69) is 36.2 Å². The Morgan fingerprint density at radius 1 is 1.00 bits per heavy atom. The Labute approximate surface area is 160 Å². The second-order valence-corrected chi connectivity index (χ2v) is 7.47. The molecule has 0 aliphatic rings. The highest BCUT2D eigenvalue weighted by atomic mass is 19.4. The van der Waals surface area contributed by atoms with Gasteiger partial charge >= 0.3 is 6.18 Å². The van der Waals surface area contributed by atoms with E-state index in [-0.39, 0.29) is 29.1 Å². The van der Waals surface area contributed by atoms with E-state index in [9.17, 15) is 18.0 Å². The number of carbonyl (C=O) groups is 1. The Kier molecular flexibility index (Phi) is 5.06. The molecule has 3 aromatic rings. The van der Waals surface area contributed by atoms with Crippen LogP contribution in [0.2, 0.25) is 0 Å². The molecule has 146 valence electrons. The molecule has 2 aromatic carbocycles. The molecule has 1 heterocycles. The van der Waals surface area contributed by atoms with Crippen LogP contribution in [0, 0.1) is 0 Å². The van der Waals surface area contributed by atoms with Crippen LogP contribution in [0.3, 0.4) is 0 Å². The molecule has 8 heteroatoms. The van der Waals surface area contributed by atoms with E-state index in [1.165, 1.54) is 12.1 Å². The highest BCUT2D eigenvalue weighted by molar-refractivity contribution is 5.95. The van der Waals surface area contributed by atoms with Gasteiger partial charge in [-0.2, -0.15) is 18.0 Å². The zero-order valence-corrected chi connectivity index (χ0v) is 15.7. The first-order chi connectivity index (χ1) is 13.0. The van der Waals surface area contributed by atoms with Crippen molar-refractivity contribution >= 4 is 5.78 Å². The Balaban J connectivity index is 1.75. The summed E-state index contributed by atoms with van der Waals surface area (Å²) in [5.41, 5.74) is 0.981. The highest BCUT2D eigenvalue weighted by Gasteiger charge is 2.30. The monoisotopic (exact) mass is 388 g/mol. The fourth-order valence-corrected chi connectivity index (χ4v) is 2.64. The molecule has 0 amide bonds. The lowest BCUT2D eigenvalue weighted by molar-refractivity contribution is -0.137. The van der Waals surface area contributed by atoms with Crippen molar-refractivity contribution < 1.29 is 18.0 Å². The lowest BCUT2D eigenvalue weighted by Gasteiger charge is -2.18. The Hall–Kier alpha value is -3.03. The molecule has 0 radical (unpaired) electrons. The van der Waals surface area contributed by atoms with Gasteiger partial charge in [-0.15, -0.1) is 10.2 Å². The van der Waals surface area contributed by atoms with Gasteiger partial charge in [0.25, 0.3) is 0 Å². The summed E-state index contributed by atoms with van der Waals surface area (Å²) in [6, 6.07) is 11.9. The summed E-state index contributed by atoms with van der Waals surface area (Å²) in [5.74, 6) is -0.185. The standard InChI is InChI=1S/C20H19F3N4O/c1-19(2,3)15-9-7-13(8-10-15)17(28)12-27-25-18(24-26-27)14-5-4-6-16(11-14)20(21,22)23/h4-11H,12H2,1-3H3. The first-order valence-corrected chi connectivity index (χ1v) is 8.63. The van der Waals surface area contributed by atoms with Gasteiger partial charge in [0.05, 0.1) is 5.56 Å². The van der Waals surface area contributed by atoms with E-state index in [1.54, 1.807) is 12.1 Å². The summed E-state index contributed by atoms with van der Waals surface area (Å²) in [5, 5.41) is 11.6. The zero-order valence-electron chi connectivity index (χ0n) is 15.7. The normalized spacial score (nSPS) is 12.2. The van der Waals surface area contributed by atoms with Crippen molar-refractivity contribution in [2.75, 3.05) is 0 Å². The number of halogens is 3. The Bertz CT molecular complexity index is 986. The molecule has 0 aliphatic carbocycles. The molecule has 0 N–H and O–H groups in total. The minimum atomic E-state index is -4.46. The Morgan fingerprint density at radius 3 is 2.29 bits per heavy atom. The molecule has 0 atom stereocenters. The van der Waals surface area contributed by atoms with E-state index in [0.29, 0.717) is 5.56 Å². The maximum Gasteiger partial charge on any atom is 0.416 e. The average Bonchev–Trinajstić information content (AvgIpc) is 3.09. The minimum Gasteiger partial charge on any atom is -0.292 e. The molecule has 28 heavy (non-hydrogen) atoms. The van der Waals surface area contributed by atoms with Crippen LogP contribution in [0.4, 0.5) is 13.2 Å². The van der Waals surface area contributed by atoms with Gasteiger partial charge in [-0.3, -0.25) is 4.79 Å². The maximum atomic E-state index is 12.8. The van der Waals surface area contributed by atoms with Gasteiger partial charge in [-0.1, -0.05) is 57.2 Å². The van der Waals surface area contributed by atoms with Crippen molar-refractivity contribution in [1.82, 2.24) is 20.2 Å². The molecule has 1 aromatic heterocycles. The van der Waals surface area contributed by atoms with Gasteiger partial charge in [0.15, 0.2) is 5.78 Å². The van der Waals surface area contributed by atoms with Crippen LogP contribution < -0.4 is 0 Å². The number of alkyl halides is 3. The van der Waals surface area contributed by atoms with E-state index >= 15 is 0 Å². The third kappa shape index (κ3) is 4.44. The van der Waals surface area contributed by atoms with E-state index in [0.717, 1.165) is 22.5 Å². The number of ketones is 1. The topological polar surface area (TPSA) is 60.7 Å². The van der Waals surface area contributed by atoms with Gasteiger partial charge in [0.2, 0.25) is 5.82 Å². The van der Waals surface area contributed by atoms with E-state index in [1.807, 2.05) is 12.1 Å². The van der Waals surface area contributed by atoms with Gasteiger partial charge < -0.3 is 0 Å². The molecule has 0 saturated carbocycles. The third-order valence-corrected chi connectivity index (χ3v) is 4.26. The lowest BCUT2D eigenvalue weighted by Crippen LogP contribution is -2.14. The molecule has 0 aliphatic heterocycles. The van der Waals surface area contributed by atoms with Crippen molar-refractivity contribution in [3.05, 3.63) is 65.2 Å². The molecule has 0 unspecified atom stereocenters. The molecule has 5 nitrogen and oxygen atoms in total. The van der Waals surface area contributed by atoms with E-state index < -0.39 is 11.7 Å². The molecule has 0 saturated heterocycles. The zero-order chi connectivity index (χ0) is 20.5. The number of aromatic nitrogens is 4. The van der Waals surface area contributed by atoms with Crippen molar-refractivity contribution in [1.29, 1.82) is 0 Å². The summed E-state index contributed by atoms with van der Waals surface area (Å²) in [6.45, 7) is 6.09. The molecule has 0 fully saturated rings. The van der Waals surface area contributed by atoms with Crippen LogP contribution in [0.25, 0.3) is 11.4 Å². The maximum absolute atomic E-state index is 12.8. The predicted octanol–water partition coefficient (Wildman–Crippen LogP) is 4.54. The molecule has 0 spiro atoms. The van der Waals surface area contributed by atoms with Crippen LogP contribution in [0.5, 0.6) is 0 Å². The number of hydrogen-bond donors (Lipinski definition) is 0. The summed E-state index contributed by atoms with van der Waals surface area (Å²) < 4.78 is 38.5. The van der Waals surface area contributed by atoms with Gasteiger partial charge in [0, 0.05) is 11.1 Å². The van der Waals surface area contributed by atoms with Crippen molar-refractivity contribution in [3.8, 4) is 11.4 Å². The number of rotatable bonds is 4. The van der Waals surface area contributed by atoms with Crippen LogP contribution in [-0.4, -0.2) is 26.0 Å². The average molecular weight is 388 g/mol. The second-order valence-electron chi connectivity index (χ2n) is 7.47. The number of benzene rings is 2. The quantitative estimate of drug-likeness (QED) is 0.616. The van der Waals surface area contributed by atoms with Crippen LogP contribution in [0.15, 0.2) is 48.5 Å². The van der Waals surface area contributed by atoms with Crippen LogP contribution in [-0.2, 0) is 18.1 Å². The fourth-order valence-electron chi connectivity index (χ4n) is 2.64. The number of nitrogens with zero attached hydrogens (tertiary/aromatic N) is 4. The summed E-state index contributed by atoms with van der Waals surface area (Å²) in [7, 11) is 0. The number of tetrazole rings is 1. The highest BCUT2D eigenvalue weighted by Crippen LogP contribution is 2.31. The first-order valence-electron chi connectivity index (χ1n) is 8.63. The summed E-state index contributed by atoms with van der Waals surface area (Å²) in [4.78, 5) is 13.5. The van der Waals surface area contributed by atoms with Gasteiger partial charge in [-0.25, -0.2) is 0 Å². The summed E-state index contributed by atoms with van der Waals surface area (Å²) in [6.07, 6.45) is -4.46. The predicted molar refractivity (Wildman–Crippen MR) is 97.7 cm³/mol. The van der Waals surface area contributed by atoms with Crippen molar-refractivity contribution in [3.63, 3.8) is 0 Å². The van der Waals surface area contributed by atoms with Crippen molar-refractivity contribution in [2.24, 2.45) is 0 Å². The van der Waals surface area contributed by atoms with Crippen molar-refractivity contribution in [2.45, 2.75) is 38.9 Å². The number of carbonyl (C=O) groups excluding carboxylic acids is 1. The van der Waals surface area contributed by atoms with E-state index in [4.69, 9.17) is 0 Å². The largest absolute Gasteiger partial charge is 0.416 e. The second kappa shape index (κ2) is 7.18. The fraction of sp³-hybridized carbons (Fsp3) is 0.300. The minimum absolute atomic E-state index is 0.0190. The SMILES string of the molecule is CC(C)(C)c1ccc(C(=O)Cn2nnc(-c3cccc(C(F)(F)F)c3)n2)cc1. The summed E-state index contributed by atoms with van der Waals surface area (Å²) >= 11 is 0. The molecular weight excluding hydrogens is 369 g/mol. The van der Waals surface area contributed by atoms with Crippen LogP contribution >= 0.6 is 0 Å². The third-order valence-electron chi connectivity index (χ3n) is 4.26. The van der Waals surface area contributed by atoms with Gasteiger partial charge in [-0.05, 0) is 28.3 Å². The van der Waals surface area contributed by atoms with Crippen LogP contribution in [0.1, 0.15) is 42.3 Å². The number of hydrogen-bond acceptors (Lipinski definition) is 4. The first kappa shape index (κ1) is 19.7. The smallest absolute Gasteiger partial charge is 0.292 e. The molecule has 3 rings (SSSR count). The number of Topliss-reactive ketones (excluding diaryl/α,β-unsaturated/α-hetero) is 1.